The summed E-state index contributed by atoms with van der Waals surface area (Å²) in [5, 5.41) is 14.7. The van der Waals surface area contributed by atoms with Crippen molar-refractivity contribution in [1.82, 2.24) is 15.4 Å². The van der Waals surface area contributed by atoms with Crippen molar-refractivity contribution in [2.24, 2.45) is 0 Å². The maximum absolute atomic E-state index is 12.3. The Morgan fingerprint density at radius 1 is 1.00 bits per heavy atom. The van der Waals surface area contributed by atoms with Crippen LogP contribution in [0.2, 0.25) is 0 Å². The Balaban J connectivity index is 1.85. The number of nitrogens with zero attached hydrogens (tertiary/aromatic N) is 3. The molecule has 0 atom stereocenters. The second kappa shape index (κ2) is 8.34. The third kappa shape index (κ3) is 4.46. The Hall–Kier alpha value is -4.01. The van der Waals surface area contributed by atoms with E-state index >= 15 is 0 Å². The van der Waals surface area contributed by atoms with Crippen LogP contribution in [0.5, 0.6) is 0 Å². The molecule has 0 bridgehead atoms. The molecule has 0 aliphatic carbocycles. The molecule has 3 aromatic rings. The second-order valence-corrected chi connectivity index (χ2v) is 6.49. The normalized spacial score (nSPS) is 10.3. The van der Waals surface area contributed by atoms with Crippen LogP contribution in [0.4, 0.5) is 23.0 Å². The number of benzene rings is 2. The highest BCUT2D eigenvalue weighted by Crippen LogP contribution is 2.32. The topological polar surface area (TPSA) is 122 Å². The number of aryl methyl sites for hydroxylation is 2. The fraction of sp³-hybridized carbons (Fsp3) is 0.150. The highest BCUT2D eigenvalue weighted by Gasteiger charge is 2.24. The van der Waals surface area contributed by atoms with Gasteiger partial charge in [-0.1, -0.05) is 29.8 Å². The van der Waals surface area contributed by atoms with Gasteiger partial charge in [-0.2, -0.15) is 0 Å². The van der Waals surface area contributed by atoms with Crippen molar-refractivity contribution in [1.29, 1.82) is 0 Å². The van der Waals surface area contributed by atoms with E-state index in [4.69, 9.17) is 0 Å². The minimum atomic E-state index is -0.603. The fourth-order valence-corrected chi connectivity index (χ4v) is 2.64. The molecule has 0 radical (unpaired) electrons. The molecule has 148 valence electrons. The van der Waals surface area contributed by atoms with Crippen molar-refractivity contribution >= 4 is 28.9 Å². The van der Waals surface area contributed by atoms with Gasteiger partial charge in [0.1, 0.15) is 6.33 Å². The lowest BCUT2D eigenvalue weighted by Gasteiger charge is -2.13. The summed E-state index contributed by atoms with van der Waals surface area (Å²) in [7, 11) is 0. The molecule has 0 aliphatic heterocycles. The Kier molecular flexibility index (Phi) is 5.68. The van der Waals surface area contributed by atoms with Gasteiger partial charge < -0.3 is 5.32 Å². The van der Waals surface area contributed by atoms with E-state index in [9.17, 15) is 14.9 Å². The number of nitrogens with one attached hydrogen (secondary N) is 3. The van der Waals surface area contributed by atoms with E-state index in [2.05, 4.69) is 26.1 Å². The molecule has 29 heavy (non-hydrogen) atoms. The zero-order chi connectivity index (χ0) is 21.0. The van der Waals surface area contributed by atoms with Gasteiger partial charge in [0, 0.05) is 11.3 Å². The summed E-state index contributed by atoms with van der Waals surface area (Å²) in [6, 6.07) is 12.5. The molecular weight excluding hydrogens is 372 g/mol. The first-order chi connectivity index (χ1) is 13.9. The molecule has 0 spiro atoms. The van der Waals surface area contributed by atoms with Gasteiger partial charge in [0.2, 0.25) is 11.6 Å². The maximum atomic E-state index is 12.3. The lowest BCUT2D eigenvalue weighted by atomic mass is 10.1. The molecular formula is C20H20N6O3. The van der Waals surface area contributed by atoms with E-state index in [0.717, 1.165) is 16.7 Å². The van der Waals surface area contributed by atoms with Crippen molar-refractivity contribution in [3.63, 3.8) is 0 Å². The van der Waals surface area contributed by atoms with Gasteiger partial charge in [0.05, 0.1) is 4.92 Å². The third-order valence-corrected chi connectivity index (χ3v) is 4.47. The first-order valence-corrected chi connectivity index (χ1v) is 8.82. The Labute approximate surface area is 167 Å². The number of aromatic nitrogens is 2. The summed E-state index contributed by atoms with van der Waals surface area (Å²) in [6.45, 7) is 5.77. The predicted molar refractivity (Wildman–Crippen MR) is 110 cm³/mol. The number of hydrazine groups is 1. The van der Waals surface area contributed by atoms with Crippen molar-refractivity contribution in [2.45, 2.75) is 20.8 Å². The van der Waals surface area contributed by atoms with Crippen molar-refractivity contribution in [3.05, 3.63) is 81.2 Å². The van der Waals surface area contributed by atoms with Gasteiger partial charge in [0.25, 0.3) is 5.91 Å². The van der Waals surface area contributed by atoms with Crippen LogP contribution >= 0.6 is 0 Å². The summed E-state index contributed by atoms with van der Waals surface area (Å²) < 4.78 is 0. The van der Waals surface area contributed by atoms with E-state index < -0.39 is 10.8 Å². The quantitative estimate of drug-likeness (QED) is 0.431. The summed E-state index contributed by atoms with van der Waals surface area (Å²) in [4.78, 5) is 31.2. The number of hydrogen-bond acceptors (Lipinski definition) is 7. The molecule has 0 saturated heterocycles. The highest BCUT2D eigenvalue weighted by atomic mass is 16.6. The largest absolute Gasteiger partial charge is 0.355 e. The van der Waals surface area contributed by atoms with Gasteiger partial charge in [-0.25, -0.2) is 9.97 Å². The summed E-state index contributed by atoms with van der Waals surface area (Å²) in [6.07, 6.45) is 1.18. The molecule has 1 amide bonds. The summed E-state index contributed by atoms with van der Waals surface area (Å²) >= 11 is 0. The molecule has 0 unspecified atom stereocenters. The van der Waals surface area contributed by atoms with E-state index in [-0.39, 0.29) is 17.3 Å². The lowest BCUT2D eigenvalue weighted by Crippen LogP contribution is -2.30. The third-order valence-electron chi connectivity index (χ3n) is 4.47. The van der Waals surface area contributed by atoms with Crippen molar-refractivity contribution in [2.75, 3.05) is 10.7 Å². The highest BCUT2D eigenvalue weighted by molar-refractivity contribution is 5.95. The number of rotatable bonds is 6. The number of hydrogen-bond donors (Lipinski definition) is 3. The summed E-state index contributed by atoms with van der Waals surface area (Å²) in [5.74, 6) is -0.550. The molecule has 3 rings (SSSR count). The minimum Gasteiger partial charge on any atom is -0.334 e. The second-order valence-electron chi connectivity index (χ2n) is 6.49. The first-order valence-electron chi connectivity index (χ1n) is 8.82. The van der Waals surface area contributed by atoms with Gasteiger partial charge in [-0.3, -0.25) is 25.8 Å². The van der Waals surface area contributed by atoms with Crippen LogP contribution in [-0.4, -0.2) is 20.8 Å². The molecule has 0 saturated carbocycles. The number of amides is 1. The Bertz CT molecular complexity index is 1070. The van der Waals surface area contributed by atoms with E-state index in [0.29, 0.717) is 11.3 Å². The fourth-order valence-electron chi connectivity index (χ4n) is 2.64. The van der Waals surface area contributed by atoms with Crippen LogP contribution in [0.3, 0.4) is 0 Å². The summed E-state index contributed by atoms with van der Waals surface area (Å²) in [5.41, 5.74) is 8.69. The van der Waals surface area contributed by atoms with Gasteiger partial charge >= 0.3 is 5.69 Å². The number of carbonyl (C=O) groups is 1. The lowest BCUT2D eigenvalue weighted by molar-refractivity contribution is -0.383. The van der Waals surface area contributed by atoms with Gasteiger partial charge in [0.15, 0.2) is 0 Å². The molecule has 9 nitrogen and oxygen atoms in total. The van der Waals surface area contributed by atoms with Crippen LogP contribution in [-0.2, 0) is 0 Å². The average molecular weight is 392 g/mol. The first kappa shape index (κ1) is 19.7. The molecule has 2 aromatic carbocycles. The van der Waals surface area contributed by atoms with E-state index in [1.165, 1.54) is 6.33 Å². The van der Waals surface area contributed by atoms with Gasteiger partial charge in [-0.15, -0.1) is 0 Å². The molecule has 3 N–H and O–H groups in total. The monoisotopic (exact) mass is 392 g/mol. The predicted octanol–water partition coefficient (Wildman–Crippen LogP) is 3.81. The van der Waals surface area contributed by atoms with Crippen LogP contribution < -0.4 is 16.2 Å². The smallest absolute Gasteiger partial charge is 0.334 e. The molecule has 1 heterocycles. The Morgan fingerprint density at radius 3 is 2.38 bits per heavy atom. The minimum absolute atomic E-state index is 0.0192. The van der Waals surface area contributed by atoms with Crippen LogP contribution in [0.25, 0.3) is 0 Å². The standard InChI is InChI=1S/C20H20N6O3/c1-12-7-9-15(10-8-12)20(27)25-24-19-17(26(28)29)18(21-11-22-19)23-16-6-4-5-13(2)14(16)3/h4-11H,1-3H3,(H,25,27)(H2,21,22,23,24). The zero-order valence-corrected chi connectivity index (χ0v) is 16.2. The molecule has 1 aromatic heterocycles. The van der Waals surface area contributed by atoms with Crippen molar-refractivity contribution < 1.29 is 9.72 Å². The zero-order valence-electron chi connectivity index (χ0n) is 16.2. The number of nitro groups is 1. The molecule has 0 aliphatic rings. The van der Waals surface area contributed by atoms with Gasteiger partial charge in [-0.05, 0) is 50.1 Å². The van der Waals surface area contributed by atoms with Crippen LogP contribution in [0.1, 0.15) is 27.0 Å². The average Bonchev–Trinajstić information content (AvgIpc) is 2.70. The SMILES string of the molecule is Cc1ccc(C(=O)NNc2ncnc(Nc3cccc(C)c3C)c2[N+](=O)[O-])cc1. The number of anilines is 3. The maximum Gasteiger partial charge on any atom is 0.355 e. The van der Waals surface area contributed by atoms with Crippen molar-refractivity contribution in [3.8, 4) is 0 Å². The Morgan fingerprint density at radius 2 is 1.69 bits per heavy atom. The van der Waals surface area contributed by atoms with Crippen LogP contribution in [0.15, 0.2) is 48.8 Å². The molecule has 9 heteroatoms. The van der Waals surface area contributed by atoms with E-state index in [1.807, 2.05) is 32.9 Å². The van der Waals surface area contributed by atoms with E-state index in [1.54, 1.807) is 30.3 Å². The van der Waals surface area contributed by atoms with Crippen LogP contribution in [0, 0.1) is 30.9 Å². The molecule has 0 fully saturated rings. The number of carbonyl (C=O) groups excluding carboxylic acids is 1.